The van der Waals surface area contributed by atoms with Gasteiger partial charge in [-0.15, -0.1) is 0 Å². The smallest absolute Gasteiger partial charge is 0.265 e. The minimum absolute atomic E-state index is 0.0188. The molecule has 0 radical (unpaired) electrons. The molecule has 29 heavy (non-hydrogen) atoms. The zero-order valence-electron chi connectivity index (χ0n) is 15.4. The highest BCUT2D eigenvalue weighted by Crippen LogP contribution is 2.41. The van der Waals surface area contributed by atoms with Gasteiger partial charge in [0.15, 0.2) is 0 Å². The quantitative estimate of drug-likeness (QED) is 0.386. The third-order valence-electron chi connectivity index (χ3n) is 5.15. The number of hydrogen-bond acceptors (Lipinski definition) is 5. The van der Waals surface area contributed by atoms with E-state index in [0.29, 0.717) is 11.4 Å². The van der Waals surface area contributed by atoms with E-state index in [-0.39, 0.29) is 17.8 Å². The Hall–Kier alpha value is -3.81. The molecule has 2 aromatic heterocycles. The maximum atomic E-state index is 13.3. The fourth-order valence-electron chi connectivity index (χ4n) is 3.52. The molecule has 4 aromatic rings. The lowest BCUT2D eigenvalue weighted by molar-refractivity contribution is -0.384. The summed E-state index contributed by atoms with van der Waals surface area (Å²) in [6.07, 6.45) is 3.82. The van der Waals surface area contributed by atoms with Gasteiger partial charge >= 0.3 is 0 Å². The van der Waals surface area contributed by atoms with E-state index in [9.17, 15) is 14.9 Å². The number of para-hydroxylation sites is 1. The normalized spacial score (nSPS) is 13.7. The van der Waals surface area contributed by atoms with Gasteiger partial charge in [-0.05, 0) is 30.5 Å². The van der Waals surface area contributed by atoms with Crippen LogP contribution in [0.4, 0.5) is 5.69 Å². The molecule has 0 N–H and O–H groups in total. The third kappa shape index (κ3) is 3.08. The van der Waals surface area contributed by atoms with E-state index in [4.69, 9.17) is 0 Å². The average Bonchev–Trinajstić information content (AvgIpc) is 3.49. The Kier molecular flexibility index (Phi) is 3.97. The number of non-ortho nitro benzene ring substituents is 1. The van der Waals surface area contributed by atoms with Crippen molar-refractivity contribution in [3.8, 4) is 5.69 Å². The first-order valence-corrected chi connectivity index (χ1v) is 9.39. The minimum Gasteiger partial charge on any atom is -0.265 e. The summed E-state index contributed by atoms with van der Waals surface area (Å²) in [7, 11) is 0. The van der Waals surface area contributed by atoms with Crippen molar-refractivity contribution in [3.63, 3.8) is 0 Å². The van der Waals surface area contributed by atoms with Gasteiger partial charge in [-0.1, -0.05) is 30.3 Å². The van der Waals surface area contributed by atoms with Crippen LogP contribution in [0.2, 0.25) is 0 Å². The molecule has 2 heterocycles. The Labute approximate surface area is 165 Å². The van der Waals surface area contributed by atoms with E-state index in [1.54, 1.807) is 23.0 Å². The number of nitro benzene ring substituents is 1. The van der Waals surface area contributed by atoms with Crippen molar-refractivity contribution in [3.05, 3.63) is 92.5 Å². The second kappa shape index (κ2) is 6.66. The number of benzene rings is 2. The second-order valence-electron chi connectivity index (χ2n) is 7.20. The molecular weight excluding hydrogens is 370 g/mol. The van der Waals surface area contributed by atoms with E-state index < -0.39 is 4.92 Å². The average molecular weight is 387 g/mol. The SMILES string of the molecule is O=c1c2c(cnn2-c2ccccc2)c(C2CC2)nn1Cc1ccc([N+](=O)[O-])cc1. The highest BCUT2D eigenvalue weighted by Gasteiger charge is 2.30. The first-order chi connectivity index (χ1) is 14.1. The number of hydrogen-bond donors (Lipinski definition) is 0. The molecule has 0 saturated heterocycles. The third-order valence-corrected chi connectivity index (χ3v) is 5.15. The van der Waals surface area contributed by atoms with Crippen molar-refractivity contribution in [2.24, 2.45) is 0 Å². The Balaban J connectivity index is 1.64. The molecule has 0 bridgehead atoms. The van der Waals surface area contributed by atoms with Crippen LogP contribution in [0.3, 0.4) is 0 Å². The zero-order chi connectivity index (χ0) is 20.0. The van der Waals surface area contributed by atoms with Crippen LogP contribution < -0.4 is 5.56 Å². The van der Waals surface area contributed by atoms with E-state index in [1.807, 2.05) is 30.3 Å². The first-order valence-electron chi connectivity index (χ1n) is 9.39. The molecule has 1 aliphatic rings. The predicted molar refractivity (Wildman–Crippen MR) is 107 cm³/mol. The molecule has 0 spiro atoms. The number of nitrogens with zero attached hydrogens (tertiary/aromatic N) is 5. The van der Waals surface area contributed by atoms with Crippen LogP contribution in [0.1, 0.15) is 30.0 Å². The lowest BCUT2D eigenvalue weighted by Crippen LogP contribution is -2.26. The van der Waals surface area contributed by atoms with Gasteiger partial charge in [0.1, 0.15) is 5.52 Å². The summed E-state index contributed by atoms with van der Waals surface area (Å²) in [4.78, 5) is 23.7. The summed E-state index contributed by atoms with van der Waals surface area (Å²) in [5.74, 6) is 0.342. The highest BCUT2D eigenvalue weighted by molar-refractivity contribution is 5.82. The summed E-state index contributed by atoms with van der Waals surface area (Å²) in [6, 6.07) is 15.7. The topological polar surface area (TPSA) is 95.8 Å². The van der Waals surface area contributed by atoms with Gasteiger partial charge in [0, 0.05) is 23.4 Å². The van der Waals surface area contributed by atoms with Crippen molar-refractivity contribution in [2.45, 2.75) is 25.3 Å². The van der Waals surface area contributed by atoms with Gasteiger partial charge in [0.2, 0.25) is 0 Å². The lowest BCUT2D eigenvalue weighted by atomic mass is 10.2. The van der Waals surface area contributed by atoms with Crippen LogP contribution >= 0.6 is 0 Å². The van der Waals surface area contributed by atoms with Gasteiger partial charge in [-0.3, -0.25) is 14.9 Å². The van der Waals surface area contributed by atoms with Crippen LogP contribution in [-0.2, 0) is 6.54 Å². The Morgan fingerprint density at radius 3 is 2.45 bits per heavy atom. The second-order valence-corrected chi connectivity index (χ2v) is 7.20. The predicted octanol–water partition coefficient (Wildman–Crippen LogP) is 3.42. The summed E-state index contributed by atoms with van der Waals surface area (Å²) < 4.78 is 3.11. The summed E-state index contributed by atoms with van der Waals surface area (Å²) in [5, 5.41) is 20.8. The number of rotatable bonds is 5. The summed E-state index contributed by atoms with van der Waals surface area (Å²) in [6.45, 7) is 0.243. The molecule has 0 amide bonds. The molecule has 1 aliphatic carbocycles. The molecule has 8 nitrogen and oxygen atoms in total. The van der Waals surface area contributed by atoms with Crippen LogP contribution in [0.15, 0.2) is 65.6 Å². The van der Waals surface area contributed by atoms with E-state index in [0.717, 1.165) is 35.2 Å². The van der Waals surface area contributed by atoms with Gasteiger partial charge in [0.05, 0.1) is 29.0 Å². The molecule has 1 saturated carbocycles. The van der Waals surface area contributed by atoms with Crippen molar-refractivity contribution in [1.82, 2.24) is 19.6 Å². The maximum absolute atomic E-state index is 13.3. The van der Waals surface area contributed by atoms with Crippen molar-refractivity contribution in [1.29, 1.82) is 0 Å². The zero-order valence-corrected chi connectivity index (χ0v) is 15.4. The Bertz CT molecular complexity index is 1270. The van der Waals surface area contributed by atoms with Gasteiger partial charge in [-0.2, -0.15) is 10.2 Å². The van der Waals surface area contributed by atoms with Gasteiger partial charge in [0.25, 0.3) is 11.2 Å². The van der Waals surface area contributed by atoms with Crippen LogP contribution in [-0.4, -0.2) is 24.5 Å². The number of fused-ring (bicyclic) bond motifs is 1. The molecule has 0 aliphatic heterocycles. The van der Waals surface area contributed by atoms with Crippen LogP contribution in [0, 0.1) is 10.1 Å². The van der Waals surface area contributed by atoms with Crippen molar-refractivity contribution in [2.75, 3.05) is 0 Å². The number of aromatic nitrogens is 4. The number of nitro groups is 1. The Morgan fingerprint density at radius 2 is 1.79 bits per heavy atom. The molecule has 144 valence electrons. The van der Waals surface area contributed by atoms with Crippen molar-refractivity contribution >= 4 is 16.6 Å². The minimum atomic E-state index is -0.441. The maximum Gasteiger partial charge on any atom is 0.293 e. The van der Waals surface area contributed by atoms with Gasteiger partial charge in [-0.25, -0.2) is 9.36 Å². The lowest BCUT2D eigenvalue weighted by Gasteiger charge is -2.10. The van der Waals surface area contributed by atoms with E-state index >= 15 is 0 Å². The van der Waals surface area contributed by atoms with E-state index in [1.165, 1.54) is 16.8 Å². The molecule has 5 rings (SSSR count). The molecular formula is C21H17N5O3. The Morgan fingerprint density at radius 1 is 1.07 bits per heavy atom. The summed E-state index contributed by atoms with van der Waals surface area (Å²) in [5.41, 5.74) is 2.78. The first kappa shape index (κ1) is 17.3. The van der Waals surface area contributed by atoms with Gasteiger partial charge < -0.3 is 0 Å². The van der Waals surface area contributed by atoms with E-state index in [2.05, 4.69) is 10.2 Å². The largest absolute Gasteiger partial charge is 0.293 e. The molecule has 0 unspecified atom stereocenters. The molecule has 0 atom stereocenters. The summed E-state index contributed by atoms with van der Waals surface area (Å²) >= 11 is 0. The standard InChI is InChI=1S/C21H17N5O3/c27-21-20-18(12-22-25(20)16-4-2-1-3-5-16)19(15-8-9-15)23-24(21)13-14-6-10-17(11-7-14)26(28)29/h1-7,10-12,15H,8-9,13H2. The van der Waals surface area contributed by atoms with Crippen molar-refractivity contribution < 1.29 is 4.92 Å². The van der Waals surface area contributed by atoms with Crippen LogP contribution in [0.25, 0.3) is 16.6 Å². The molecule has 2 aromatic carbocycles. The molecule has 1 fully saturated rings. The fraction of sp³-hybridized carbons (Fsp3) is 0.190. The van der Waals surface area contributed by atoms with Crippen LogP contribution in [0.5, 0.6) is 0 Å². The monoisotopic (exact) mass is 387 g/mol. The molecule has 8 heteroatoms. The highest BCUT2D eigenvalue weighted by atomic mass is 16.6. The fourth-order valence-corrected chi connectivity index (χ4v) is 3.52.